The third-order valence-electron chi connectivity index (χ3n) is 6.04. The largest absolute Gasteiger partial charge is 0.466 e. The average Bonchev–Trinajstić information content (AvgIpc) is 2.82. The van der Waals surface area contributed by atoms with Gasteiger partial charge in [-0.25, -0.2) is 9.98 Å². The van der Waals surface area contributed by atoms with Crippen molar-refractivity contribution in [1.29, 1.82) is 0 Å². The molecule has 2 saturated heterocycles. The summed E-state index contributed by atoms with van der Waals surface area (Å²) >= 11 is 0. The minimum Gasteiger partial charge on any atom is -0.466 e. The molecule has 0 bridgehead atoms. The number of likely N-dealkylation sites (tertiary alicyclic amines) is 1. The quantitative estimate of drug-likeness (QED) is 0.239. The van der Waals surface area contributed by atoms with Crippen LogP contribution in [0.1, 0.15) is 39.2 Å². The number of piperazine rings is 1. The number of pyridine rings is 1. The fourth-order valence-corrected chi connectivity index (χ4v) is 4.24. The van der Waals surface area contributed by atoms with Crippen LogP contribution in [0, 0.1) is 5.92 Å². The van der Waals surface area contributed by atoms with Gasteiger partial charge in [-0.15, -0.1) is 24.0 Å². The van der Waals surface area contributed by atoms with Gasteiger partial charge in [0.05, 0.1) is 19.1 Å². The van der Waals surface area contributed by atoms with Crippen LogP contribution in [0.3, 0.4) is 0 Å². The second-order valence-corrected chi connectivity index (χ2v) is 8.15. The van der Waals surface area contributed by atoms with E-state index >= 15 is 0 Å². The second kappa shape index (κ2) is 13.8. The van der Waals surface area contributed by atoms with Crippen molar-refractivity contribution in [3.05, 3.63) is 23.9 Å². The van der Waals surface area contributed by atoms with E-state index in [1.165, 1.54) is 0 Å². The van der Waals surface area contributed by atoms with Crippen molar-refractivity contribution in [1.82, 2.24) is 20.1 Å². The molecular weight excluding hydrogens is 519 g/mol. The number of carbonyl (C=O) groups excluding carboxylic acids is 1. The lowest BCUT2D eigenvalue weighted by Gasteiger charge is -2.35. The molecule has 1 N–H and O–H groups in total. The van der Waals surface area contributed by atoms with Gasteiger partial charge in [-0.3, -0.25) is 4.79 Å². The Labute approximate surface area is 209 Å². The summed E-state index contributed by atoms with van der Waals surface area (Å²) in [5.41, 5.74) is 1.15. The molecule has 0 saturated carbocycles. The molecule has 9 heteroatoms. The van der Waals surface area contributed by atoms with Crippen molar-refractivity contribution in [2.75, 3.05) is 63.9 Å². The van der Waals surface area contributed by atoms with Gasteiger partial charge in [0, 0.05) is 52.0 Å². The molecule has 0 amide bonds. The summed E-state index contributed by atoms with van der Waals surface area (Å²) in [6.07, 6.45) is 3.74. The summed E-state index contributed by atoms with van der Waals surface area (Å²) in [6, 6.07) is 4.20. The summed E-state index contributed by atoms with van der Waals surface area (Å²) in [7, 11) is 0. The van der Waals surface area contributed by atoms with Gasteiger partial charge in [0.1, 0.15) is 5.82 Å². The molecule has 2 aliphatic heterocycles. The summed E-state index contributed by atoms with van der Waals surface area (Å²) in [6.45, 7) is 14.8. The lowest BCUT2D eigenvalue weighted by Crippen LogP contribution is -2.48. The van der Waals surface area contributed by atoms with E-state index in [0.29, 0.717) is 19.7 Å². The van der Waals surface area contributed by atoms with Crippen LogP contribution < -0.4 is 10.2 Å². The number of rotatable bonds is 7. The van der Waals surface area contributed by atoms with Gasteiger partial charge in [-0.05, 0) is 50.9 Å². The zero-order valence-electron chi connectivity index (χ0n) is 19.8. The predicted molar refractivity (Wildman–Crippen MR) is 140 cm³/mol. The lowest BCUT2D eigenvalue weighted by molar-refractivity contribution is -0.149. The number of ether oxygens (including phenoxy) is 1. The van der Waals surface area contributed by atoms with Crippen LogP contribution in [0.15, 0.2) is 23.3 Å². The van der Waals surface area contributed by atoms with Gasteiger partial charge in [0.2, 0.25) is 0 Å². The summed E-state index contributed by atoms with van der Waals surface area (Å²) in [4.78, 5) is 28.7. The summed E-state index contributed by atoms with van der Waals surface area (Å²) in [5.74, 6) is 1.73. The predicted octanol–water partition coefficient (Wildman–Crippen LogP) is 2.58. The van der Waals surface area contributed by atoms with Crippen molar-refractivity contribution in [3.8, 4) is 0 Å². The van der Waals surface area contributed by atoms with Gasteiger partial charge >= 0.3 is 5.97 Å². The maximum Gasteiger partial charge on any atom is 0.310 e. The molecule has 0 aliphatic carbocycles. The van der Waals surface area contributed by atoms with Gasteiger partial charge in [0.15, 0.2) is 5.96 Å². The van der Waals surface area contributed by atoms with Crippen LogP contribution in [0.5, 0.6) is 0 Å². The third-order valence-corrected chi connectivity index (χ3v) is 6.04. The van der Waals surface area contributed by atoms with E-state index in [4.69, 9.17) is 9.73 Å². The Morgan fingerprint density at radius 1 is 1.22 bits per heavy atom. The first kappa shape index (κ1) is 26.6. The fraction of sp³-hybridized carbons (Fsp3) is 0.696. The van der Waals surface area contributed by atoms with E-state index in [0.717, 1.165) is 76.0 Å². The number of carbonyl (C=O) groups is 1. The molecule has 2 fully saturated rings. The van der Waals surface area contributed by atoms with Crippen LogP contribution in [-0.4, -0.2) is 85.7 Å². The molecule has 1 unspecified atom stereocenters. The normalized spacial score (nSPS) is 20.0. The van der Waals surface area contributed by atoms with Gasteiger partial charge in [0.25, 0.3) is 0 Å². The first-order chi connectivity index (χ1) is 15.1. The summed E-state index contributed by atoms with van der Waals surface area (Å²) < 4.78 is 5.24. The first-order valence-corrected chi connectivity index (χ1v) is 11.8. The monoisotopic (exact) mass is 558 g/mol. The van der Waals surface area contributed by atoms with E-state index in [2.05, 4.69) is 44.9 Å². The van der Waals surface area contributed by atoms with Crippen molar-refractivity contribution < 1.29 is 9.53 Å². The molecule has 0 aromatic carbocycles. The molecule has 8 nitrogen and oxygen atoms in total. The highest BCUT2D eigenvalue weighted by Gasteiger charge is 2.28. The zero-order valence-corrected chi connectivity index (χ0v) is 22.1. The Hall–Kier alpha value is -1.62. The Balaban J connectivity index is 0.00000363. The molecule has 3 heterocycles. The highest BCUT2D eigenvalue weighted by atomic mass is 127. The number of hydrogen-bond acceptors (Lipinski definition) is 6. The van der Waals surface area contributed by atoms with Gasteiger partial charge in [-0.1, -0.05) is 6.92 Å². The van der Waals surface area contributed by atoms with Gasteiger partial charge < -0.3 is 24.8 Å². The Kier molecular flexibility index (Phi) is 11.5. The second-order valence-electron chi connectivity index (χ2n) is 8.15. The van der Waals surface area contributed by atoms with E-state index < -0.39 is 0 Å². The van der Waals surface area contributed by atoms with Gasteiger partial charge in [-0.2, -0.15) is 0 Å². The van der Waals surface area contributed by atoms with Crippen molar-refractivity contribution in [2.45, 2.75) is 40.2 Å². The minimum atomic E-state index is -0.0926. The fourth-order valence-electron chi connectivity index (χ4n) is 4.24. The highest BCUT2D eigenvalue weighted by Crippen LogP contribution is 2.19. The molecule has 1 atom stereocenters. The highest BCUT2D eigenvalue weighted by molar-refractivity contribution is 14.0. The minimum absolute atomic E-state index is 0. The molecular formula is C23H39IN6O2. The summed E-state index contributed by atoms with van der Waals surface area (Å²) in [5, 5.41) is 3.40. The number of nitrogens with one attached hydrogen (secondary N) is 1. The van der Waals surface area contributed by atoms with Crippen molar-refractivity contribution >= 4 is 41.7 Å². The number of likely N-dealkylation sites (N-methyl/N-ethyl adjacent to an activating group) is 1. The molecule has 1 aromatic heterocycles. The number of aromatic nitrogens is 1. The van der Waals surface area contributed by atoms with E-state index in [9.17, 15) is 4.79 Å². The molecule has 180 valence electrons. The zero-order chi connectivity index (χ0) is 22.1. The van der Waals surface area contributed by atoms with Crippen LogP contribution >= 0.6 is 24.0 Å². The third kappa shape index (κ3) is 7.47. The number of anilines is 1. The number of hydrogen-bond donors (Lipinski definition) is 1. The maximum atomic E-state index is 12.2. The molecule has 0 radical (unpaired) electrons. The number of nitrogens with zero attached hydrogens (tertiary/aromatic N) is 5. The average molecular weight is 559 g/mol. The SMILES string of the molecule is CCNC(=NCc1ccnc(N2CCN(CC)CC2)c1)N1CCCC(C(=O)OCC)C1.I. The van der Waals surface area contributed by atoms with E-state index in [-0.39, 0.29) is 35.9 Å². The number of halogens is 1. The molecule has 1 aromatic rings. The molecule has 32 heavy (non-hydrogen) atoms. The number of guanidine groups is 1. The van der Waals surface area contributed by atoms with E-state index in [1.54, 1.807) is 0 Å². The number of piperidine rings is 1. The van der Waals surface area contributed by atoms with Crippen molar-refractivity contribution in [2.24, 2.45) is 10.9 Å². The smallest absolute Gasteiger partial charge is 0.310 e. The van der Waals surface area contributed by atoms with Crippen molar-refractivity contribution in [3.63, 3.8) is 0 Å². The maximum absolute atomic E-state index is 12.2. The number of esters is 1. The topological polar surface area (TPSA) is 73.3 Å². The molecule has 2 aliphatic rings. The van der Waals surface area contributed by atoms with Crippen LogP contribution in [0.2, 0.25) is 0 Å². The number of aliphatic imine (C=N–C) groups is 1. The molecule has 0 spiro atoms. The Morgan fingerprint density at radius 2 is 2.00 bits per heavy atom. The Bertz CT molecular complexity index is 739. The first-order valence-electron chi connectivity index (χ1n) is 11.8. The van der Waals surface area contributed by atoms with Crippen LogP contribution in [0.4, 0.5) is 5.82 Å². The standard InChI is InChI=1S/C23H38N6O2.HI/c1-4-24-23(29-11-7-8-20(18-29)22(30)31-6-3)26-17-19-9-10-25-21(16-19)28-14-12-27(5-2)13-15-28;/h9-10,16,20H,4-8,11-15,17-18H2,1-3H3,(H,24,26);1H. The van der Waals surface area contributed by atoms with E-state index in [1.807, 2.05) is 19.2 Å². The lowest BCUT2D eigenvalue weighted by atomic mass is 9.98. The molecule has 3 rings (SSSR count). The van der Waals surface area contributed by atoms with Crippen LogP contribution in [-0.2, 0) is 16.1 Å². The Morgan fingerprint density at radius 3 is 2.69 bits per heavy atom. The van der Waals surface area contributed by atoms with Crippen LogP contribution in [0.25, 0.3) is 0 Å².